The number of fused-ring (bicyclic) bond motifs is 1. The molecule has 1 aliphatic rings. The second-order valence-corrected chi connectivity index (χ2v) is 3.78. The van der Waals surface area contributed by atoms with E-state index in [-0.39, 0.29) is 0 Å². The summed E-state index contributed by atoms with van der Waals surface area (Å²) in [5, 5.41) is 2.55. The standard InChI is InChI=1S/C16H10/c1-2-6-13(7-3-1)16-11-10-14-8-4-5-9-15(14)12-16/h2,4-12H. The number of hydrogen-bond donors (Lipinski definition) is 0. The first-order valence-corrected chi connectivity index (χ1v) is 5.30. The van der Waals surface area contributed by atoms with Crippen LogP contribution < -0.4 is 0 Å². The van der Waals surface area contributed by atoms with Gasteiger partial charge in [-0.05, 0) is 46.2 Å². The van der Waals surface area contributed by atoms with Crippen LogP contribution in [-0.4, -0.2) is 0 Å². The highest BCUT2D eigenvalue weighted by atomic mass is 14.0. The van der Waals surface area contributed by atoms with Gasteiger partial charge in [-0.2, -0.15) is 0 Å². The number of hydrogen-bond acceptors (Lipinski definition) is 0. The average molecular weight is 202 g/mol. The molecule has 0 aliphatic heterocycles. The predicted molar refractivity (Wildman–Crippen MR) is 68.1 cm³/mol. The second-order valence-electron chi connectivity index (χ2n) is 3.78. The Bertz CT molecular complexity index is 674. The Kier molecular flexibility index (Phi) is 2.09. The molecule has 74 valence electrons. The minimum atomic E-state index is 1.18. The van der Waals surface area contributed by atoms with E-state index in [1.165, 1.54) is 21.9 Å². The largest absolute Gasteiger partial charge is 0.0702 e. The molecule has 0 fully saturated rings. The first kappa shape index (κ1) is 9.00. The van der Waals surface area contributed by atoms with E-state index in [0.29, 0.717) is 0 Å². The summed E-state index contributed by atoms with van der Waals surface area (Å²) in [5.74, 6) is 0. The SMILES string of the molecule is C1=C=CC(c2ccc3ccccc3c2)=CC=1. The van der Waals surface area contributed by atoms with Gasteiger partial charge in [0.15, 0.2) is 0 Å². The molecule has 1 aliphatic carbocycles. The van der Waals surface area contributed by atoms with Crippen LogP contribution in [0.2, 0.25) is 0 Å². The third-order valence-corrected chi connectivity index (χ3v) is 2.74. The van der Waals surface area contributed by atoms with Crippen LogP contribution in [0.1, 0.15) is 5.56 Å². The van der Waals surface area contributed by atoms with Crippen LogP contribution in [0.15, 0.2) is 72.2 Å². The Morgan fingerprint density at radius 1 is 0.812 bits per heavy atom. The van der Waals surface area contributed by atoms with E-state index in [9.17, 15) is 0 Å². The molecule has 0 heteroatoms. The van der Waals surface area contributed by atoms with Gasteiger partial charge in [0.25, 0.3) is 0 Å². The van der Waals surface area contributed by atoms with Gasteiger partial charge in [-0.1, -0.05) is 47.9 Å². The molecule has 0 N–H and O–H groups in total. The summed E-state index contributed by atoms with van der Waals surface area (Å²) in [6.07, 6.45) is 5.91. The summed E-state index contributed by atoms with van der Waals surface area (Å²) >= 11 is 0. The minimum Gasteiger partial charge on any atom is -0.0702 e. The molecule has 3 rings (SSSR count). The lowest BCUT2D eigenvalue weighted by molar-refractivity contribution is 1.66. The molecule has 2 aromatic rings. The topological polar surface area (TPSA) is 0 Å². The van der Waals surface area contributed by atoms with Crippen molar-refractivity contribution >= 4 is 16.3 Å². The van der Waals surface area contributed by atoms with Crippen LogP contribution in [0.3, 0.4) is 0 Å². The summed E-state index contributed by atoms with van der Waals surface area (Å²) in [6.45, 7) is 0. The quantitative estimate of drug-likeness (QED) is 0.611. The van der Waals surface area contributed by atoms with Gasteiger partial charge in [-0.3, -0.25) is 0 Å². The van der Waals surface area contributed by atoms with Crippen molar-refractivity contribution in [1.82, 2.24) is 0 Å². The fraction of sp³-hybridized carbons (Fsp3) is 0. The van der Waals surface area contributed by atoms with E-state index < -0.39 is 0 Å². The van der Waals surface area contributed by atoms with Crippen molar-refractivity contribution in [2.75, 3.05) is 0 Å². The van der Waals surface area contributed by atoms with E-state index in [1.54, 1.807) is 0 Å². The van der Waals surface area contributed by atoms with Crippen molar-refractivity contribution in [3.05, 3.63) is 77.7 Å². The lowest BCUT2D eigenvalue weighted by Crippen LogP contribution is -1.82. The van der Waals surface area contributed by atoms with Gasteiger partial charge in [0.2, 0.25) is 0 Å². The zero-order chi connectivity index (χ0) is 10.8. The molecule has 0 atom stereocenters. The molecular weight excluding hydrogens is 192 g/mol. The fourth-order valence-electron chi connectivity index (χ4n) is 1.90. The van der Waals surface area contributed by atoms with Crippen molar-refractivity contribution in [3.8, 4) is 0 Å². The fourth-order valence-corrected chi connectivity index (χ4v) is 1.90. The number of benzene rings is 2. The third kappa shape index (κ3) is 1.53. The highest BCUT2D eigenvalue weighted by Gasteiger charge is 1.99. The van der Waals surface area contributed by atoms with Crippen molar-refractivity contribution in [3.63, 3.8) is 0 Å². The Morgan fingerprint density at radius 3 is 2.50 bits per heavy atom. The molecule has 0 saturated heterocycles. The first-order chi connectivity index (χ1) is 7.93. The van der Waals surface area contributed by atoms with Crippen LogP contribution >= 0.6 is 0 Å². The Labute approximate surface area is 94.5 Å². The van der Waals surface area contributed by atoms with Crippen LogP contribution in [0.25, 0.3) is 16.3 Å². The van der Waals surface area contributed by atoms with Crippen LogP contribution in [-0.2, 0) is 0 Å². The van der Waals surface area contributed by atoms with Gasteiger partial charge in [-0.25, -0.2) is 0 Å². The molecule has 0 bridgehead atoms. The molecular formula is C16H10. The normalized spacial score (nSPS) is 13.1. The highest BCUT2D eigenvalue weighted by molar-refractivity contribution is 5.88. The molecule has 2 aromatic carbocycles. The summed E-state index contributed by atoms with van der Waals surface area (Å²) < 4.78 is 0. The van der Waals surface area contributed by atoms with Crippen LogP contribution in [0, 0.1) is 0 Å². The molecule has 0 aromatic heterocycles. The molecule has 0 spiro atoms. The maximum absolute atomic E-state index is 2.98. The minimum absolute atomic E-state index is 1.18. The third-order valence-electron chi connectivity index (χ3n) is 2.74. The molecule has 0 heterocycles. The zero-order valence-corrected chi connectivity index (χ0v) is 8.77. The number of allylic oxidation sites excluding steroid dienone is 4. The summed E-state index contributed by atoms with van der Waals surface area (Å²) in [7, 11) is 0. The Morgan fingerprint density at radius 2 is 1.69 bits per heavy atom. The molecule has 0 unspecified atom stereocenters. The van der Waals surface area contributed by atoms with E-state index in [0.717, 1.165) is 0 Å². The van der Waals surface area contributed by atoms with Crippen molar-refractivity contribution < 1.29 is 0 Å². The summed E-state index contributed by atoms with van der Waals surface area (Å²) in [5.41, 5.74) is 8.31. The van der Waals surface area contributed by atoms with Crippen molar-refractivity contribution in [2.45, 2.75) is 0 Å². The maximum Gasteiger partial charge on any atom is -0.00365 e. The van der Waals surface area contributed by atoms with E-state index in [2.05, 4.69) is 60.0 Å². The second kappa shape index (κ2) is 3.72. The van der Waals surface area contributed by atoms with Crippen LogP contribution in [0.5, 0.6) is 0 Å². The maximum atomic E-state index is 2.98. The van der Waals surface area contributed by atoms with Gasteiger partial charge >= 0.3 is 0 Å². The van der Waals surface area contributed by atoms with Gasteiger partial charge in [0.05, 0.1) is 0 Å². The molecule has 16 heavy (non-hydrogen) atoms. The monoisotopic (exact) mass is 202 g/mol. The van der Waals surface area contributed by atoms with Gasteiger partial charge in [0, 0.05) is 0 Å². The average Bonchev–Trinajstić information content (AvgIpc) is 2.39. The highest BCUT2D eigenvalue weighted by Crippen LogP contribution is 2.22. The number of rotatable bonds is 1. The van der Waals surface area contributed by atoms with Crippen molar-refractivity contribution in [2.24, 2.45) is 0 Å². The molecule has 0 nitrogen and oxygen atoms in total. The molecule has 0 amide bonds. The lowest BCUT2D eigenvalue weighted by atomic mass is 10.0. The Hall–Kier alpha value is -2.26. The van der Waals surface area contributed by atoms with Gasteiger partial charge < -0.3 is 0 Å². The lowest BCUT2D eigenvalue weighted by Gasteiger charge is -2.04. The molecule has 0 radical (unpaired) electrons. The van der Waals surface area contributed by atoms with Gasteiger partial charge in [-0.15, -0.1) is 0 Å². The van der Waals surface area contributed by atoms with Crippen molar-refractivity contribution in [1.29, 1.82) is 0 Å². The summed E-state index contributed by atoms with van der Waals surface area (Å²) in [6, 6.07) is 14.9. The van der Waals surface area contributed by atoms with E-state index in [4.69, 9.17) is 0 Å². The van der Waals surface area contributed by atoms with E-state index in [1.807, 2.05) is 12.2 Å². The molecule has 0 saturated carbocycles. The zero-order valence-electron chi connectivity index (χ0n) is 8.77. The van der Waals surface area contributed by atoms with Crippen LogP contribution in [0.4, 0.5) is 0 Å². The first-order valence-electron chi connectivity index (χ1n) is 5.30. The Balaban J connectivity index is 2.16. The smallest absolute Gasteiger partial charge is 0.00365 e. The summed E-state index contributed by atoms with van der Waals surface area (Å²) in [4.78, 5) is 0. The van der Waals surface area contributed by atoms with Gasteiger partial charge in [0.1, 0.15) is 0 Å². The predicted octanol–water partition coefficient (Wildman–Crippen LogP) is 4.10. The van der Waals surface area contributed by atoms with E-state index >= 15 is 0 Å².